The highest BCUT2D eigenvalue weighted by molar-refractivity contribution is 7.89. The first kappa shape index (κ1) is 18.0. The lowest BCUT2D eigenvalue weighted by Gasteiger charge is -2.18. The Morgan fingerprint density at radius 1 is 1.29 bits per heavy atom. The summed E-state index contributed by atoms with van der Waals surface area (Å²) in [7, 11) is -4.11. The van der Waals surface area contributed by atoms with Gasteiger partial charge in [0.25, 0.3) is 0 Å². The molecule has 0 saturated carbocycles. The van der Waals surface area contributed by atoms with E-state index in [4.69, 9.17) is 5.11 Å². The van der Waals surface area contributed by atoms with Crippen molar-refractivity contribution in [2.45, 2.75) is 31.6 Å². The number of halogens is 2. The number of aliphatic hydroxyl groups excluding tert-OH is 1. The van der Waals surface area contributed by atoms with Crippen molar-refractivity contribution in [3.8, 4) is 0 Å². The molecule has 21 heavy (non-hydrogen) atoms. The van der Waals surface area contributed by atoms with Crippen LogP contribution in [-0.2, 0) is 10.0 Å². The number of benzene rings is 1. The summed E-state index contributed by atoms with van der Waals surface area (Å²) in [6, 6.07) is 3.03. The van der Waals surface area contributed by atoms with Crippen molar-refractivity contribution in [3.63, 3.8) is 0 Å². The van der Waals surface area contributed by atoms with Gasteiger partial charge in [-0.1, -0.05) is 19.9 Å². The molecule has 0 aliphatic rings. The Morgan fingerprint density at radius 3 is 2.52 bits per heavy atom. The monoisotopic (exact) mass is 321 g/mol. The predicted molar refractivity (Wildman–Crippen MR) is 76.2 cm³/mol. The minimum absolute atomic E-state index is 0.0482. The smallest absolute Gasteiger partial charge is 0.243 e. The fraction of sp³-hybridized carbons (Fsp3) is 0.571. The third-order valence-electron chi connectivity index (χ3n) is 3.11. The van der Waals surface area contributed by atoms with Crippen LogP contribution in [0.15, 0.2) is 23.1 Å². The molecule has 1 rings (SSSR count). The van der Waals surface area contributed by atoms with Gasteiger partial charge >= 0.3 is 0 Å². The first-order valence-corrected chi connectivity index (χ1v) is 8.30. The Balaban J connectivity index is 2.82. The maximum atomic E-state index is 13.5. The van der Waals surface area contributed by atoms with Crippen LogP contribution in [0.4, 0.5) is 8.78 Å². The van der Waals surface area contributed by atoms with Gasteiger partial charge in [-0.25, -0.2) is 21.9 Å². The highest BCUT2D eigenvalue weighted by atomic mass is 32.2. The molecule has 120 valence electrons. The Morgan fingerprint density at radius 2 is 1.95 bits per heavy atom. The van der Waals surface area contributed by atoms with Crippen LogP contribution in [0.3, 0.4) is 0 Å². The number of nitrogens with one attached hydrogen (secondary N) is 1. The summed E-state index contributed by atoms with van der Waals surface area (Å²) in [6.45, 7) is 4.01. The highest BCUT2D eigenvalue weighted by Gasteiger charge is 2.22. The highest BCUT2D eigenvalue weighted by Crippen LogP contribution is 2.19. The van der Waals surface area contributed by atoms with Crippen LogP contribution in [0.2, 0.25) is 0 Å². The number of hydrogen-bond donors (Lipinski definition) is 2. The van der Waals surface area contributed by atoms with Crippen molar-refractivity contribution < 1.29 is 22.3 Å². The van der Waals surface area contributed by atoms with Crippen molar-refractivity contribution in [3.05, 3.63) is 29.8 Å². The van der Waals surface area contributed by atoms with E-state index in [0.29, 0.717) is 12.3 Å². The predicted octanol–water partition coefficient (Wildman–Crippen LogP) is 2.29. The van der Waals surface area contributed by atoms with Crippen LogP contribution in [0.1, 0.15) is 26.7 Å². The molecule has 4 nitrogen and oxygen atoms in total. The lowest BCUT2D eigenvalue weighted by atomic mass is 9.95. The third kappa shape index (κ3) is 5.33. The van der Waals surface area contributed by atoms with Crippen LogP contribution in [0.25, 0.3) is 0 Å². The van der Waals surface area contributed by atoms with E-state index in [9.17, 15) is 17.2 Å². The largest absolute Gasteiger partial charge is 0.396 e. The Bertz CT molecular complexity index is 561. The van der Waals surface area contributed by atoms with Crippen molar-refractivity contribution >= 4 is 10.0 Å². The molecule has 0 spiro atoms. The second-order valence-electron chi connectivity index (χ2n) is 5.41. The van der Waals surface area contributed by atoms with Gasteiger partial charge in [0.05, 0.1) is 0 Å². The normalized spacial score (nSPS) is 13.6. The van der Waals surface area contributed by atoms with Crippen LogP contribution >= 0.6 is 0 Å². The van der Waals surface area contributed by atoms with Crippen LogP contribution in [0, 0.1) is 23.5 Å². The summed E-state index contributed by atoms with van der Waals surface area (Å²) in [5.74, 6) is -2.29. The molecular weight excluding hydrogens is 300 g/mol. The Kier molecular flexibility index (Phi) is 6.70. The summed E-state index contributed by atoms with van der Waals surface area (Å²) in [5.41, 5.74) is 0. The van der Waals surface area contributed by atoms with E-state index >= 15 is 0 Å². The zero-order chi connectivity index (χ0) is 16.0. The molecule has 0 aromatic heterocycles. The van der Waals surface area contributed by atoms with E-state index in [2.05, 4.69) is 4.72 Å². The van der Waals surface area contributed by atoms with Gasteiger partial charge in [-0.2, -0.15) is 0 Å². The molecule has 0 aliphatic heterocycles. The second kappa shape index (κ2) is 7.82. The molecule has 1 aromatic carbocycles. The summed E-state index contributed by atoms with van der Waals surface area (Å²) >= 11 is 0. The molecule has 7 heteroatoms. The van der Waals surface area contributed by atoms with E-state index in [-0.39, 0.29) is 19.1 Å². The number of hydrogen-bond acceptors (Lipinski definition) is 3. The number of aliphatic hydroxyl groups is 1. The topological polar surface area (TPSA) is 66.4 Å². The molecule has 0 aliphatic carbocycles. The number of sulfonamides is 1. The molecule has 0 radical (unpaired) electrons. The quantitative estimate of drug-likeness (QED) is 0.772. The molecule has 0 saturated heterocycles. The first-order chi connectivity index (χ1) is 9.77. The molecular formula is C14H21F2NO3S. The van der Waals surface area contributed by atoms with Crippen LogP contribution in [-0.4, -0.2) is 26.7 Å². The zero-order valence-corrected chi connectivity index (χ0v) is 13.0. The summed E-state index contributed by atoms with van der Waals surface area (Å²) in [4.78, 5) is -0.699. The van der Waals surface area contributed by atoms with E-state index < -0.39 is 26.6 Å². The Labute approximate surface area is 124 Å². The molecule has 0 bridgehead atoms. The molecule has 2 N–H and O–H groups in total. The lowest BCUT2D eigenvalue weighted by Crippen LogP contribution is -2.31. The number of rotatable bonds is 8. The van der Waals surface area contributed by atoms with Gasteiger partial charge in [-0.05, 0) is 36.8 Å². The fourth-order valence-corrected chi connectivity index (χ4v) is 3.35. The van der Waals surface area contributed by atoms with Crippen molar-refractivity contribution in [2.24, 2.45) is 11.8 Å². The molecule has 1 atom stereocenters. The summed E-state index contributed by atoms with van der Waals surface area (Å²) in [5, 5.41) is 8.99. The summed E-state index contributed by atoms with van der Waals surface area (Å²) < 4.78 is 53.0. The van der Waals surface area contributed by atoms with Gasteiger partial charge < -0.3 is 5.11 Å². The average Bonchev–Trinajstić information content (AvgIpc) is 2.39. The molecule has 1 unspecified atom stereocenters. The van der Waals surface area contributed by atoms with E-state index in [1.807, 2.05) is 13.8 Å². The molecule has 0 fully saturated rings. The van der Waals surface area contributed by atoms with E-state index in [0.717, 1.165) is 24.6 Å². The maximum Gasteiger partial charge on any atom is 0.243 e. The van der Waals surface area contributed by atoms with Gasteiger partial charge in [-0.3, -0.25) is 0 Å². The molecule has 0 heterocycles. The second-order valence-corrected chi connectivity index (χ2v) is 7.15. The van der Waals surface area contributed by atoms with Gasteiger partial charge in [0.2, 0.25) is 10.0 Å². The minimum Gasteiger partial charge on any atom is -0.396 e. The van der Waals surface area contributed by atoms with Crippen molar-refractivity contribution in [1.29, 1.82) is 0 Å². The SMILES string of the molecule is CC(C)CC(CCO)CNS(=O)(=O)c1cccc(F)c1F. The fourth-order valence-electron chi connectivity index (χ4n) is 2.15. The maximum absolute atomic E-state index is 13.5. The van der Waals surface area contributed by atoms with Gasteiger partial charge in [0.15, 0.2) is 11.6 Å². The van der Waals surface area contributed by atoms with Crippen LogP contribution in [0.5, 0.6) is 0 Å². The first-order valence-electron chi connectivity index (χ1n) is 6.82. The molecule has 1 aromatic rings. The lowest BCUT2D eigenvalue weighted by molar-refractivity contribution is 0.243. The van der Waals surface area contributed by atoms with Crippen LogP contribution < -0.4 is 4.72 Å². The van der Waals surface area contributed by atoms with Gasteiger partial charge in [0, 0.05) is 13.2 Å². The van der Waals surface area contributed by atoms with Crippen molar-refractivity contribution in [2.75, 3.05) is 13.2 Å². The van der Waals surface area contributed by atoms with Gasteiger partial charge in [0.1, 0.15) is 4.90 Å². The third-order valence-corrected chi connectivity index (χ3v) is 4.55. The van der Waals surface area contributed by atoms with E-state index in [1.54, 1.807) is 0 Å². The minimum atomic E-state index is -4.11. The molecule has 0 amide bonds. The average molecular weight is 321 g/mol. The standard InChI is InChI=1S/C14H21F2NO3S/c1-10(2)8-11(6-7-18)9-17-21(19,20)13-5-3-4-12(15)14(13)16/h3-5,10-11,17-18H,6-9H2,1-2H3. The van der Waals surface area contributed by atoms with E-state index in [1.165, 1.54) is 0 Å². The van der Waals surface area contributed by atoms with Crippen molar-refractivity contribution in [1.82, 2.24) is 4.72 Å². The Hall–Kier alpha value is -1.05. The zero-order valence-electron chi connectivity index (χ0n) is 12.1. The van der Waals surface area contributed by atoms with Gasteiger partial charge in [-0.15, -0.1) is 0 Å². The summed E-state index contributed by atoms with van der Waals surface area (Å²) in [6.07, 6.45) is 1.18.